The standard InChI is InChI=1S/C26H28N8O2/c1-15-8-16(2)10-18(9-15)28-26-27-12-20-21(29-26)6-7-34(25(20)36)19-13-33(14-19)24(35)17-4-5-22-23(11-17)32(3)31-30-22/h4-5,8-12,19,30-31H,6-7,13-14H2,1-3H3,(H,27,28,29). The number of likely N-dealkylation sites (tertiary alicyclic amines) is 1. The Labute approximate surface area is 209 Å². The minimum Gasteiger partial charge on any atom is -0.334 e. The molecule has 0 atom stereocenters. The minimum atomic E-state index is -0.0670. The minimum absolute atomic E-state index is 0.00287. The van der Waals surface area contributed by atoms with Gasteiger partial charge >= 0.3 is 0 Å². The van der Waals surface area contributed by atoms with Gasteiger partial charge in [-0.3, -0.25) is 14.6 Å². The first-order chi connectivity index (χ1) is 17.4. The van der Waals surface area contributed by atoms with Crippen LogP contribution in [0.3, 0.4) is 0 Å². The van der Waals surface area contributed by atoms with Crippen LogP contribution in [0.25, 0.3) is 0 Å². The molecular weight excluding hydrogens is 456 g/mol. The summed E-state index contributed by atoms with van der Waals surface area (Å²) in [6.07, 6.45) is 2.28. The molecule has 3 aliphatic rings. The highest BCUT2D eigenvalue weighted by Crippen LogP contribution is 2.31. The number of hydrogen-bond donors (Lipinski definition) is 3. The fraction of sp³-hybridized carbons (Fsp3) is 0.308. The van der Waals surface area contributed by atoms with Crippen molar-refractivity contribution in [3.8, 4) is 0 Å². The van der Waals surface area contributed by atoms with Crippen molar-refractivity contribution in [2.45, 2.75) is 26.3 Å². The van der Waals surface area contributed by atoms with Gasteiger partial charge in [0.15, 0.2) is 0 Å². The molecule has 184 valence electrons. The van der Waals surface area contributed by atoms with Gasteiger partial charge in [-0.1, -0.05) is 6.07 Å². The maximum Gasteiger partial charge on any atom is 0.257 e. The van der Waals surface area contributed by atoms with E-state index in [1.54, 1.807) is 11.1 Å². The van der Waals surface area contributed by atoms with E-state index in [-0.39, 0.29) is 17.9 Å². The molecule has 1 aromatic heterocycles. The van der Waals surface area contributed by atoms with Crippen LogP contribution in [0.1, 0.15) is 37.5 Å². The number of hydrogen-bond acceptors (Lipinski definition) is 8. The van der Waals surface area contributed by atoms with Crippen LogP contribution in [0.4, 0.5) is 23.0 Å². The smallest absolute Gasteiger partial charge is 0.257 e. The molecule has 1 fully saturated rings. The average molecular weight is 485 g/mol. The number of benzene rings is 2. The Morgan fingerprint density at radius 2 is 1.89 bits per heavy atom. The molecule has 0 unspecified atom stereocenters. The molecule has 0 aliphatic carbocycles. The van der Waals surface area contributed by atoms with Crippen molar-refractivity contribution in [3.63, 3.8) is 0 Å². The summed E-state index contributed by atoms with van der Waals surface area (Å²) in [5.74, 6) is 0.401. The Hall–Kier alpha value is -4.18. The van der Waals surface area contributed by atoms with E-state index in [0.29, 0.717) is 43.1 Å². The third kappa shape index (κ3) is 3.89. The number of anilines is 4. The molecule has 3 N–H and O–H groups in total. The van der Waals surface area contributed by atoms with Crippen LogP contribution in [0.2, 0.25) is 0 Å². The van der Waals surface area contributed by atoms with Crippen LogP contribution in [-0.4, -0.2) is 64.3 Å². The van der Waals surface area contributed by atoms with Gasteiger partial charge in [-0.25, -0.2) is 9.97 Å². The first kappa shape index (κ1) is 22.3. The van der Waals surface area contributed by atoms with Crippen molar-refractivity contribution in [2.24, 2.45) is 0 Å². The molecule has 3 aromatic rings. The Balaban J connectivity index is 1.11. The number of carbonyl (C=O) groups excluding carboxylic acids is 2. The van der Waals surface area contributed by atoms with Gasteiger partial charge < -0.3 is 20.5 Å². The molecule has 0 radical (unpaired) electrons. The number of hydrazine groups is 2. The number of rotatable bonds is 4. The molecule has 2 amide bonds. The Kier molecular flexibility index (Phi) is 5.26. The lowest BCUT2D eigenvalue weighted by Gasteiger charge is -2.46. The summed E-state index contributed by atoms with van der Waals surface area (Å²) in [4.78, 5) is 38.9. The Morgan fingerprint density at radius 3 is 2.67 bits per heavy atom. The summed E-state index contributed by atoms with van der Waals surface area (Å²) in [6, 6.07) is 11.8. The van der Waals surface area contributed by atoms with Crippen molar-refractivity contribution in [1.82, 2.24) is 25.3 Å². The van der Waals surface area contributed by atoms with Crippen LogP contribution in [0.15, 0.2) is 42.6 Å². The second-order valence-corrected chi connectivity index (χ2v) is 9.70. The molecule has 4 heterocycles. The third-order valence-electron chi connectivity index (χ3n) is 6.98. The maximum absolute atomic E-state index is 13.2. The summed E-state index contributed by atoms with van der Waals surface area (Å²) in [5.41, 5.74) is 13.1. The fourth-order valence-corrected chi connectivity index (χ4v) is 5.11. The number of aromatic nitrogens is 2. The van der Waals surface area contributed by atoms with Crippen molar-refractivity contribution >= 4 is 34.8 Å². The number of fused-ring (bicyclic) bond motifs is 2. The molecule has 3 aliphatic heterocycles. The van der Waals surface area contributed by atoms with Crippen LogP contribution in [0.5, 0.6) is 0 Å². The van der Waals surface area contributed by atoms with Gasteiger partial charge in [0, 0.05) is 50.6 Å². The molecule has 10 heteroatoms. The van der Waals surface area contributed by atoms with Crippen molar-refractivity contribution < 1.29 is 9.59 Å². The van der Waals surface area contributed by atoms with E-state index in [2.05, 4.69) is 32.3 Å². The second-order valence-electron chi connectivity index (χ2n) is 9.70. The van der Waals surface area contributed by atoms with Gasteiger partial charge in [0.25, 0.3) is 11.8 Å². The number of nitrogens with one attached hydrogen (secondary N) is 3. The normalized spacial score (nSPS) is 16.9. The quantitative estimate of drug-likeness (QED) is 0.519. The lowest BCUT2D eigenvalue weighted by molar-refractivity contribution is 0.0216. The van der Waals surface area contributed by atoms with E-state index in [4.69, 9.17) is 0 Å². The summed E-state index contributed by atoms with van der Waals surface area (Å²) in [6.45, 7) is 5.73. The predicted octanol–water partition coefficient (Wildman–Crippen LogP) is 2.64. The maximum atomic E-state index is 13.2. The second kappa shape index (κ2) is 8.49. The first-order valence-electron chi connectivity index (χ1n) is 12.1. The van der Waals surface area contributed by atoms with E-state index in [9.17, 15) is 9.59 Å². The lowest BCUT2D eigenvalue weighted by atomic mass is 9.99. The van der Waals surface area contributed by atoms with E-state index in [1.807, 2.05) is 61.1 Å². The van der Waals surface area contributed by atoms with Crippen LogP contribution in [0, 0.1) is 13.8 Å². The highest BCUT2D eigenvalue weighted by atomic mass is 16.2. The molecule has 36 heavy (non-hydrogen) atoms. The molecule has 2 aromatic carbocycles. The fourth-order valence-electron chi connectivity index (χ4n) is 5.11. The summed E-state index contributed by atoms with van der Waals surface area (Å²) in [5, 5.41) is 5.09. The van der Waals surface area contributed by atoms with Gasteiger partial charge in [0.05, 0.1) is 28.7 Å². The van der Waals surface area contributed by atoms with Crippen LogP contribution in [-0.2, 0) is 6.42 Å². The Bertz CT molecular complexity index is 1360. The first-order valence-corrected chi connectivity index (χ1v) is 12.1. The molecule has 0 bridgehead atoms. The number of nitrogens with zero attached hydrogens (tertiary/aromatic N) is 5. The van der Waals surface area contributed by atoms with E-state index in [1.165, 1.54) is 0 Å². The molecule has 1 saturated heterocycles. The number of carbonyl (C=O) groups is 2. The Morgan fingerprint density at radius 1 is 1.11 bits per heavy atom. The zero-order valence-electron chi connectivity index (χ0n) is 20.5. The highest BCUT2D eigenvalue weighted by molar-refractivity contribution is 5.98. The SMILES string of the molecule is Cc1cc(C)cc(Nc2ncc3c(n2)CCN(C2CN(C(=O)c4ccc5c(c4)N(C)NN5)C2)C3=O)c1. The van der Waals surface area contributed by atoms with Gasteiger partial charge in [0.1, 0.15) is 0 Å². The van der Waals surface area contributed by atoms with Crippen molar-refractivity contribution in [1.29, 1.82) is 0 Å². The number of amides is 2. The molecular formula is C26H28N8O2. The zero-order valence-corrected chi connectivity index (χ0v) is 20.5. The van der Waals surface area contributed by atoms with Crippen LogP contribution >= 0.6 is 0 Å². The van der Waals surface area contributed by atoms with Crippen molar-refractivity contribution in [3.05, 3.63) is 70.5 Å². The van der Waals surface area contributed by atoms with E-state index < -0.39 is 0 Å². The molecule has 10 nitrogen and oxygen atoms in total. The largest absolute Gasteiger partial charge is 0.334 e. The zero-order chi connectivity index (χ0) is 25.0. The third-order valence-corrected chi connectivity index (χ3v) is 6.98. The molecule has 6 rings (SSSR count). The summed E-state index contributed by atoms with van der Waals surface area (Å²) in [7, 11) is 1.89. The van der Waals surface area contributed by atoms with Gasteiger partial charge in [-0.15, -0.1) is 5.53 Å². The molecule has 0 saturated carbocycles. The average Bonchev–Trinajstić information content (AvgIpc) is 3.19. The molecule has 0 spiro atoms. The van der Waals surface area contributed by atoms with Crippen molar-refractivity contribution in [2.75, 3.05) is 42.4 Å². The van der Waals surface area contributed by atoms with Crippen LogP contribution < -0.4 is 21.3 Å². The van der Waals surface area contributed by atoms with Gasteiger partial charge in [-0.2, -0.15) is 0 Å². The van der Waals surface area contributed by atoms with Gasteiger partial charge in [-0.05, 0) is 55.3 Å². The topological polar surface area (TPSA) is 106 Å². The monoisotopic (exact) mass is 484 g/mol. The number of aryl methyl sites for hydroxylation is 2. The summed E-state index contributed by atoms with van der Waals surface area (Å²) < 4.78 is 0. The van der Waals surface area contributed by atoms with Gasteiger partial charge in [0.2, 0.25) is 5.95 Å². The predicted molar refractivity (Wildman–Crippen MR) is 137 cm³/mol. The highest BCUT2D eigenvalue weighted by Gasteiger charge is 2.40. The van der Waals surface area contributed by atoms with E-state index in [0.717, 1.165) is 33.9 Å². The summed E-state index contributed by atoms with van der Waals surface area (Å²) >= 11 is 0. The van der Waals surface area contributed by atoms with E-state index >= 15 is 0 Å². The lowest BCUT2D eigenvalue weighted by Crippen LogP contribution is -2.63.